The summed E-state index contributed by atoms with van der Waals surface area (Å²) in [7, 11) is 3.25. The third-order valence-corrected chi connectivity index (χ3v) is 2.67. The first-order valence-corrected chi connectivity index (χ1v) is 6.00. The second-order valence-corrected chi connectivity index (χ2v) is 4.55. The van der Waals surface area contributed by atoms with Gasteiger partial charge in [0.05, 0.1) is 6.20 Å². The van der Waals surface area contributed by atoms with Crippen molar-refractivity contribution in [1.82, 2.24) is 5.16 Å². The maximum Gasteiger partial charge on any atom is 0.131 e. The summed E-state index contributed by atoms with van der Waals surface area (Å²) in [4.78, 5) is 0. The molecule has 18 heavy (non-hydrogen) atoms. The largest absolute Gasteiger partial charge is 0.388 e. The predicted molar refractivity (Wildman–Crippen MR) is 73.7 cm³/mol. The minimum Gasteiger partial charge on any atom is -0.388 e. The average Bonchev–Trinajstić information content (AvgIpc) is 2.84. The summed E-state index contributed by atoms with van der Waals surface area (Å²) < 4.78 is 9.10. The Morgan fingerprint density at radius 1 is 1.17 bits per heavy atom. The zero-order valence-corrected chi connectivity index (χ0v) is 11.7. The number of aryl methyl sites for hydroxylation is 1. The van der Waals surface area contributed by atoms with Crippen LogP contribution in [0.2, 0.25) is 0 Å². The van der Waals surface area contributed by atoms with Gasteiger partial charge in [0, 0.05) is 19.8 Å². The fraction of sp³-hybridized carbons (Fsp3) is 0.400. The van der Waals surface area contributed by atoms with Crippen LogP contribution in [0.3, 0.4) is 0 Å². The topological polar surface area (TPSA) is 35.3 Å². The molecule has 1 heterocycles. The van der Waals surface area contributed by atoms with Gasteiger partial charge in [0.1, 0.15) is 6.26 Å². The molecule has 0 radical (unpaired) electrons. The van der Waals surface area contributed by atoms with Crippen LogP contribution in [0.4, 0.5) is 0 Å². The number of hydrogen-bond acceptors (Lipinski definition) is 3. The summed E-state index contributed by atoms with van der Waals surface area (Å²) in [5.41, 5.74) is 4.93. The lowest BCUT2D eigenvalue weighted by Gasteiger charge is -2.10. The van der Waals surface area contributed by atoms with Crippen LogP contribution in [-0.2, 0) is 4.74 Å². The molecule has 2 rings (SSSR count). The molecule has 1 aromatic carbocycles. The maximum atomic E-state index is 4.85. The van der Waals surface area contributed by atoms with E-state index < -0.39 is 0 Å². The van der Waals surface area contributed by atoms with Crippen molar-refractivity contribution >= 4 is 0 Å². The Morgan fingerprint density at radius 2 is 1.83 bits per heavy atom. The zero-order valence-electron chi connectivity index (χ0n) is 11.7. The van der Waals surface area contributed by atoms with Crippen LogP contribution in [0, 0.1) is 6.92 Å². The Balaban J connectivity index is 0.000000492. The molecule has 0 fully saturated rings. The van der Waals surface area contributed by atoms with E-state index in [0.717, 1.165) is 5.56 Å². The van der Waals surface area contributed by atoms with Gasteiger partial charge in [0.15, 0.2) is 0 Å². The molecule has 3 heteroatoms. The standard InChI is InChI=1S/C13H15NO.C2H6O/c1-9(2)13-6-11(5-4-10(13)3)12-7-14-15-8-12;1-3-2/h4-9H,1-3H3;1-2H3. The molecule has 1 aromatic heterocycles. The van der Waals surface area contributed by atoms with Crippen LogP contribution in [-0.4, -0.2) is 19.4 Å². The normalized spacial score (nSPS) is 10.1. The number of rotatable bonds is 2. The molecular weight excluding hydrogens is 226 g/mol. The molecule has 98 valence electrons. The summed E-state index contributed by atoms with van der Waals surface area (Å²) >= 11 is 0. The first-order valence-electron chi connectivity index (χ1n) is 6.00. The smallest absolute Gasteiger partial charge is 0.131 e. The van der Waals surface area contributed by atoms with Gasteiger partial charge >= 0.3 is 0 Å². The van der Waals surface area contributed by atoms with Crippen molar-refractivity contribution in [2.24, 2.45) is 0 Å². The minimum atomic E-state index is 0.546. The van der Waals surface area contributed by atoms with E-state index in [0.29, 0.717) is 5.92 Å². The van der Waals surface area contributed by atoms with E-state index >= 15 is 0 Å². The molecule has 0 aliphatic heterocycles. The molecule has 0 unspecified atom stereocenters. The fourth-order valence-corrected chi connectivity index (χ4v) is 1.79. The van der Waals surface area contributed by atoms with Gasteiger partial charge in [-0.15, -0.1) is 0 Å². The minimum absolute atomic E-state index is 0.546. The Kier molecular flexibility index (Phi) is 5.59. The zero-order chi connectivity index (χ0) is 13.5. The molecule has 0 amide bonds. The van der Waals surface area contributed by atoms with Crippen LogP contribution in [0.1, 0.15) is 30.9 Å². The number of nitrogens with zero attached hydrogens (tertiary/aromatic N) is 1. The average molecular weight is 247 g/mol. The molecule has 0 bridgehead atoms. The molecule has 0 N–H and O–H groups in total. The van der Waals surface area contributed by atoms with Crippen LogP contribution >= 0.6 is 0 Å². The van der Waals surface area contributed by atoms with Crippen molar-refractivity contribution in [3.05, 3.63) is 41.8 Å². The van der Waals surface area contributed by atoms with Gasteiger partial charge < -0.3 is 9.26 Å². The first kappa shape index (κ1) is 14.5. The maximum absolute atomic E-state index is 4.85. The fourth-order valence-electron chi connectivity index (χ4n) is 1.79. The summed E-state index contributed by atoms with van der Waals surface area (Å²) in [5.74, 6) is 0.546. The molecule has 0 atom stereocenters. The van der Waals surface area contributed by atoms with Gasteiger partial charge in [0.25, 0.3) is 0 Å². The highest BCUT2D eigenvalue weighted by Gasteiger charge is 2.06. The van der Waals surface area contributed by atoms with E-state index in [4.69, 9.17) is 4.52 Å². The summed E-state index contributed by atoms with van der Waals surface area (Å²) in [6.07, 6.45) is 3.42. The van der Waals surface area contributed by atoms with Crippen molar-refractivity contribution in [2.45, 2.75) is 26.7 Å². The number of ether oxygens (including phenoxy) is 1. The van der Waals surface area contributed by atoms with Gasteiger partial charge in [0.2, 0.25) is 0 Å². The van der Waals surface area contributed by atoms with Gasteiger partial charge in [-0.25, -0.2) is 0 Å². The lowest BCUT2D eigenvalue weighted by Crippen LogP contribution is -1.92. The molecule has 0 aliphatic carbocycles. The number of hydrogen-bond donors (Lipinski definition) is 0. The van der Waals surface area contributed by atoms with Crippen LogP contribution in [0.25, 0.3) is 11.1 Å². The molecule has 0 spiro atoms. The van der Waals surface area contributed by atoms with Crippen molar-refractivity contribution in [1.29, 1.82) is 0 Å². The van der Waals surface area contributed by atoms with Crippen molar-refractivity contribution < 1.29 is 9.26 Å². The predicted octanol–water partition coefficient (Wildman–Crippen LogP) is 4.04. The highest BCUT2D eigenvalue weighted by atomic mass is 16.5. The van der Waals surface area contributed by atoms with Gasteiger partial charge in [-0.1, -0.05) is 37.2 Å². The molecule has 0 saturated heterocycles. The molecule has 2 aromatic rings. The van der Waals surface area contributed by atoms with Crippen molar-refractivity contribution in [3.63, 3.8) is 0 Å². The van der Waals surface area contributed by atoms with E-state index in [-0.39, 0.29) is 0 Å². The lowest BCUT2D eigenvalue weighted by atomic mass is 9.94. The monoisotopic (exact) mass is 247 g/mol. The molecule has 3 nitrogen and oxygen atoms in total. The Bertz CT molecular complexity index is 461. The van der Waals surface area contributed by atoms with E-state index in [9.17, 15) is 0 Å². The Morgan fingerprint density at radius 3 is 2.33 bits per heavy atom. The van der Waals surface area contributed by atoms with Crippen molar-refractivity contribution in [3.8, 4) is 11.1 Å². The SMILES string of the molecule is COC.Cc1ccc(-c2cnoc2)cc1C(C)C. The molecular formula is C15H21NO2. The molecule has 0 aliphatic rings. The Labute approximate surface area is 109 Å². The number of aromatic nitrogens is 1. The third-order valence-electron chi connectivity index (χ3n) is 2.67. The van der Waals surface area contributed by atoms with E-state index in [2.05, 4.69) is 48.9 Å². The van der Waals surface area contributed by atoms with E-state index in [1.165, 1.54) is 16.7 Å². The van der Waals surface area contributed by atoms with E-state index in [1.807, 2.05) is 0 Å². The van der Waals surface area contributed by atoms with Crippen LogP contribution < -0.4 is 0 Å². The lowest BCUT2D eigenvalue weighted by molar-refractivity contribution is 0.277. The van der Waals surface area contributed by atoms with Gasteiger partial charge in [-0.3, -0.25) is 0 Å². The summed E-state index contributed by atoms with van der Waals surface area (Å²) in [5, 5.41) is 3.72. The molecule has 0 saturated carbocycles. The quantitative estimate of drug-likeness (QED) is 0.803. The second-order valence-electron chi connectivity index (χ2n) is 4.55. The highest BCUT2D eigenvalue weighted by molar-refractivity contribution is 5.63. The second kappa shape index (κ2) is 6.97. The van der Waals surface area contributed by atoms with Gasteiger partial charge in [-0.05, 0) is 29.5 Å². The Hall–Kier alpha value is -1.61. The third kappa shape index (κ3) is 3.70. The van der Waals surface area contributed by atoms with Crippen molar-refractivity contribution in [2.75, 3.05) is 14.2 Å². The van der Waals surface area contributed by atoms with E-state index in [1.54, 1.807) is 26.7 Å². The highest BCUT2D eigenvalue weighted by Crippen LogP contribution is 2.26. The summed E-state index contributed by atoms with van der Waals surface area (Å²) in [6.45, 7) is 6.56. The van der Waals surface area contributed by atoms with Gasteiger partial charge in [-0.2, -0.15) is 0 Å². The van der Waals surface area contributed by atoms with Crippen LogP contribution in [0.15, 0.2) is 35.2 Å². The summed E-state index contributed by atoms with van der Waals surface area (Å²) in [6, 6.07) is 6.47. The van der Waals surface area contributed by atoms with Crippen LogP contribution in [0.5, 0.6) is 0 Å². The first-order chi connectivity index (χ1) is 8.60. The number of benzene rings is 1. The number of methoxy groups -OCH3 is 1.